The van der Waals surface area contributed by atoms with Crippen molar-refractivity contribution < 1.29 is 9.15 Å². The van der Waals surface area contributed by atoms with Crippen molar-refractivity contribution in [3.05, 3.63) is 246 Å². The number of para-hydroxylation sites is 3. The Morgan fingerprint density at radius 3 is 2.32 bits per heavy atom. The van der Waals surface area contributed by atoms with Crippen molar-refractivity contribution in [2.75, 3.05) is 16.8 Å². The van der Waals surface area contributed by atoms with E-state index in [1.807, 2.05) is 0 Å². The number of aromatic nitrogens is 1. The first-order valence-electron chi connectivity index (χ1n) is 25.2. The fourth-order valence-electron chi connectivity index (χ4n) is 12.1. The van der Waals surface area contributed by atoms with Gasteiger partial charge in [0.25, 0.3) is 0 Å². The van der Waals surface area contributed by atoms with Crippen LogP contribution in [0.4, 0.5) is 22.7 Å². The largest absolute Gasteiger partial charge is 0.487 e. The molecule has 344 valence electrons. The van der Waals surface area contributed by atoms with Crippen LogP contribution >= 0.6 is 0 Å². The van der Waals surface area contributed by atoms with Gasteiger partial charge in [-0.1, -0.05) is 140 Å². The predicted molar refractivity (Wildman–Crippen MR) is 297 cm³/mol. The minimum Gasteiger partial charge on any atom is -0.487 e. The van der Waals surface area contributed by atoms with Crippen molar-refractivity contribution in [1.29, 1.82) is 0 Å². The van der Waals surface area contributed by atoms with Crippen molar-refractivity contribution >= 4 is 77.5 Å². The second-order valence-electron chi connectivity index (χ2n) is 19.5. The highest BCUT2D eigenvalue weighted by Crippen LogP contribution is 2.49. The van der Waals surface area contributed by atoms with Gasteiger partial charge in [0, 0.05) is 78.0 Å². The molecule has 0 saturated heterocycles. The number of nitrogens with one attached hydrogen (secondary N) is 2. The van der Waals surface area contributed by atoms with E-state index >= 15 is 0 Å². The molecule has 6 nitrogen and oxygen atoms in total. The molecule has 2 bridgehead atoms. The number of allylic oxidation sites excluding steroid dienone is 8. The Morgan fingerprint density at radius 1 is 0.625 bits per heavy atom. The van der Waals surface area contributed by atoms with Gasteiger partial charge in [0.1, 0.15) is 17.9 Å². The molecular formula is C66H48N4O2. The van der Waals surface area contributed by atoms with Gasteiger partial charge in [-0.05, 0) is 121 Å². The highest BCUT2D eigenvalue weighted by molar-refractivity contribution is 6.24. The maximum absolute atomic E-state index is 6.65. The van der Waals surface area contributed by atoms with Crippen LogP contribution in [0.3, 0.4) is 0 Å². The van der Waals surface area contributed by atoms with Crippen molar-refractivity contribution in [1.82, 2.24) is 9.72 Å². The maximum Gasteiger partial charge on any atom is 0.154 e. The van der Waals surface area contributed by atoms with Crippen molar-refractivity contribution in [3.63, 3.8) is 0 Å². The molecule has 11 aromatic rings. The lowest BCUT2D eigenvalue weighted by Crippen LogP contribution is -2.22. The fourth-order valence-corrected chi connectivity index (χ4v) is 12.1. The van der Waals surface area contributed by atoms with Gasteiger partial charge in [-0.15, -0.1) is 0 Å². The molecule has 4 aliphatic rings. The molecule has 2 N–H and O–H groups in total. The first kappa shape index (κ1) is 40.8. The summed E-state index contributed by atoms with van der Waals surface area (Å²) >= 11 is 0. The standard InChI is InChI=1S/C66H48N4O2/c1-2-9-35-71-65-43(16-4-1)17-11-25-61(65)69(47-30-27-42(28-31-47)41-14-5-3-6-15-41)48-32-34-60-55(38-48)50-21-12-22-51-56-39-59-54(40-62(56)70(60)64(50)51)45-19-10-18-44(36-45)53-37-46(29-33-57(53)68-59)67-58-24-13-23-52-49-20-7-8-26-63(49)72-66(52)58/h1-12,14-15,17-22,24-34,36,38-40,53,67-68H,13,16,23,35,37H2/b4-1-,9-2-. The summed E-state index contributed by atoms with van der Waals surface area (Å²) in [7, 11) is 0. The fraction of sp³-hybridized carbons (Fsp3) is 0.0909. The SMILES string of the molecule is C1=C(NC2=CCCc3c2oc2ccccc32)CC2C(=C1)Nc1cc3c4cccc5c6cc(N(c7ccc(-c8ccccc8)cc7)c7cccc8c7OC/C=C\C=C/C8)ccc6n(c3cc1-c1cccc2c1)c54. The van der Waals surface area contributed by atoms with E-state index in [-0.39, 0.29) is 5.92 Å². The number of ether oxygens (including phenoxy) is 1. The van der Waals surface area contributed by atoms with Crippen LogP contribution in [0.15, 0.2) is 228 Å². The van der Waals surface area contributed by atoms with Crippen molar-refractivity contribution in [3.8, 4) is 28.0 Å². The molecule has 0 radical (unpaired) electrons. The Bertz CT molecular complexity index is 4160. The van der Waals surface area contributed by atoms with Crippen molar-refractivity contribution in [2.24, 2.45) is 0 Å². The third kappa shape index (κ3) is 6.49. The third-order valence-corrected chi connectivity index (χ3v) is 15.4. The van der Waals surface area contributed by atoms with E-state index in [9.17, 15) is 0 Å². The normalized spacial score (nSPS) is 16.9. The lowest BCUT2D eigenvalue weighted by Gasteiger charge is -2.30. The smallest absolute Gasteiger partial charge is 0.154 e. The minimum atomic E-state index is 0.162. The summed E-state index contributed by atoms with van der Waals surface area (Å²) in [5.41, 5.74) is 20.8. The molecule has 1 atom stereocenters. The predicted octanol–water partition coefficient (Wildman–Crippen LogP) is 16.7. The molecule has 3 aromatic heterocycles. The van der Waals surface area contributed by atoms with Crippen molar-refractivity contribution in [2.45, 2.75) is 31.6 Å². The molecule has 6 heteroatoms. The number of benzene rings is 8. The number of furan rings is 1. The molecule has 8 aromatic carbocycles. The van der Waals surface area contributed by atoms with Crippen LogP contribution in [-0.4, -0.2) is 11.0 Å². The second kappa shape index (κ2) is 16.3. The lowest BCUT2D eigenvalue weighted by molar-refractivity contribution is 0.361. The topological polar surface area (TPSA) is 54.1 Å². The first-order valence-corrected chi connectivity index (χ1v) is 25.2. The lowest BCUT2D eigenvalue weighted by atomic mass is 9.84. The molecule has 5 heterocycles. The molecule has 0 spiro atoms. The molecule has 0 saturated carbocycles. The number of nitrogens with zero attached hydrogens (tertiary/aromatic N) is 2. The van der Waals surface area contributed by atoms with Gasteiger partial charge in [0.2, 0.25) is 0 Å². The van der Waals surface area contributed by atoms with E-state index in [1.54, 1.807) is 0 Å². The summed E-state index contributed by atoms with van der Waals surface area (Å²) in [6.07, 6.45) is 18.9. The van der Waals surface area contributed by atoms with Gasteiger partial charge in [0.15, 0.2) is 5.76 Å². The van der Waals surface area contributed by atoms with Crippen LogP contribution in [0, 0.1) is 0 Å². The molecule has 2 aliphatic heterocycles. The van der Waals surface area contributed by atoms with Crippen LogP contribution in [0.1, 0.15) is 41.2 Å². The monoisotopic (exact) mass is 928 g/mol. The van der Waals surface area contributed by atoms with Crippen LogP contribution in [0.2, 0.25) is 0 Å². The summed E-state index contributed by atoms with van der Waals surface area (Å²) in [5, 5.41) is 14.0. The zero-order valence-corrected chi connectivity index (χ0v) is 39.5. The average molecular weight is 929 g/mol. The number of anilines is 4. The van der Waals surface area contributed by atoms with Crippen LogP contribution < -0.4 is 20.3 Å². The second-order valence-corrected chi connectivity index (χ2v) is 19.5. The Kier molecular flexibility index (Phi) is 9.24. The quantitative estimate of drug-likeness (QED) is 0.174. The average Bonchev–Trinajstić information content (AvgIpc) is 4.11. The summed E-state index contributed by atoms with van der Waals surface area (Å²) in [4.78, 5) is 2.37. The number of aryl methyl sites for hydroxylation is 1. The highest BCUT2D eigenvalue weighted by Gasteiger charge is 2.29. The first-order chi connectivity index (χ1) is 35.7. The zero-order valence-electron chi connectivity index (χ0n) is 39.5. The van der Waals surface area contributed by atoms with E-state index in [0.29, 0.717) is 6.61 Å². The van der Waals surface area contributed by atoms with E-state index in [0.717, 1.165) is 76.8 Å². The van der Waals surface area contributed by atoms with Gasteiger partial charge in [-0.2, -0.15) is 0 Å². The zero-order chi connectivity index (χ0) is 47.3. The summed E-state index contributed by atoms with van der Waals surface area (Å²) < 4.78 is 15.6. The number of hydrogen-bond donors (Lipinski definition) is 2. The summed E-state index contributed by atoms with van der Waals surface area (Å²) in [6.45, 7) is 0.491. The molecular weight excluding hydrogens is 881 g/mol. The van der Waals surface area contributed by atoms with Gasteiger partial charge in [0.05, 0.1) is 27.9 Å². The van der Waals surface area contributed by atoms with Gasteiger partial charge < -0.3 is 29.1 Å². The van der Waals surface area contributed by atoms with Crippen LogP contribution in [-0.2, 0) is 12.8 Å². The highest BCUT2D eigenvalue weighted by atomic mass is 16.5. The van der Waals surface area contributed by atoms with Gasteiger partial charge >= 0.3 is 0 Å². The molecule has 2 aliphatic carbocycles. The maximum atomic E-state index is 6.65. The number of fused-ring (bicyclic) bond motifs is 16. The van der Waals surface area contributed by atoms with Gasteiger partial charge in [-0.3, -0.25) is 0 Å². The van der Waals surface area contributed by atoms with E-state index in [2.05, 4.69) is 232 Å². The van der Waals surface area contributed by atoms with E-state index in [4.69, 9.17) is 9.15 Å². The molecule has 0 fully saturated rings. The molecule has 0 amide bonds. The molecule has 72 heavy (non-hydrogen) atoms. The number of rotatable bonds is 6. The third-order valence-electron chi connectivity index (χ3n) is 15.4. The summed E-state index contributed by atoms with van der Waals surface area (Å²) in [5.74, 6) is 2.03. The summed E-state index contributed by atoms with van der Waals surface area (Å²) in [6, 6.07) is 62.3. The molecule has 1 unspecified atom stereocenters. The van der Waals surface area contributed by atoms with Crippen LogP contribution in [0.5, 0.6) is 5.75 Å². The van der Waals surface area contributed by atoms with Crippen LogP contribution in [0.25, 0.3) is 77.0 Å². The molecule has 15 rings (SSSR count). The Morgan fingerprint density at radius 2 is 1.40 bits per heavy atom. The van der Waals surface area contributed by atoms with Gasteiger partial charge in [-0.25, -0.2) is 0 Å². The minimum absolute atomic E-state index is 0.162. The van der Waals surface area contributed by atoms with E-state index in [1.165, 1.54) is 88.3 Å². The number of hydrogen-bond acceptors (Lipinski definition) is 5. The Labute approximate surface area is 417 Å². The van der Waals surface area contributed by atoms with E-state index < -0.39 is 0 Å². The Hall–Kier alpha value is -9.00. The Balaban J connectivity index is 0.840.